The second-order valence-electron chi connectivity index (χ2n) is 6.09. The maximum atomic E-state index is 12.3. The van der Waals surface area contributed by atoms with Crippen molar-refractivity contribution in [3.8, 4) is 5.75 Å². The van der Waals surface area contributed by atoms with Crippen molar-refractivity contribution in [3.63, 3.8) is 0 Å². The van der Waals surface area contributed by atoms with E-state index in [-0.39, 0.29) is 36.5 Å². The molecule has 2 atom stereocenters. The van der Waals surface area contributed by atoms with Crippen molar-refractivity contribution >= 4 is 17.8 Å². The van der Waals surface area contributed by atoms with Gasteiger partial charge in [0, 0.05) is 12.1 Å². The van der Waals surface area contributed by atoms with Crippen LogP contribution in [0.4, 0.5) is 4.79 Å². The van der Waals surface area contributed by atoms with Gasteiger partial charge in [-0.3, -0.25) is 14.5 Å². The number of methoxy groups -OCH3 is 1. The van der Waals surface area contributed by atoms with Crippen LogP contribution in [0, 0.1) is 0 Å². The maximum absolute atomic E-state index is 12.3. The number of nitrogens with zero attached hydrogens (tertiary/aromatic N) is 2. The van der Waals surface area contributed by atoms with Gasteiger partial charge in [-0.1, -0.05) is 18.2 Å². The number of benzene rings is 1. The standard InChI is InChI=1S/C17H21N3O4/c1-11(12-6-3-4-8-14(12)24-2)18-15(21)10-20-16(22)13-7-5-9-19(13)17(20)23/h3-4,6,8,11,13H,5,7,9-10H2,1-2H3,(H,18,21). The smallest absolute Gasteiger partial charge is 0.327 e. The van der Waals surface area contributed by atoms with Crippen LogP contribution in [-0.2, 0) is 9.59 Å². The summed E-state index contributed by atoms with van der Waals surface area (Å²) in [4.78, 5) is 39.4. The summed E-state index contributed by atoms with van der Waals surface area (Å²) in [6.07, 6.45) is 1.52. The average molecular weight is 331 g/mol. The van der Waals surface area contributed by atoms with Crippen molar-refractivity contribution in [1.82, 2.24) is 15.1 Å². The Balaban J connectivity index is 1.63. The number of ether oxygens (including phenoxy) is 1. The number of imide groups is 1. The number of fused-ring (bicyclic) bond motifs is 1. The Morgan fingerprint density at radius 3 is 2.83 bits per heavy atom. The Hall–Kier alpha value is -2.57. The number of carbonyl (C=O) groups is 3. The molecule has 2 saturated heterocycles. The molecule has 0 aliphatic carbocycles. The Morgan fingerprint density at radius 2 is 2.12 bits per heavy atom. The first-order valence-corrected chi connectivity index (χ1v) is 8.07. The van der Waals surface area contributed by atoms with Crippen LogP contribution in [0.2, 0.25) is 0 Å². The zero-order chi connectivity index (χ0) is 17.3. The fourth-order valence-electron chi connectivity index (χ4n) is 3.36. The van der Waals surface area contributed by atoms with Gasteiger partial charge in [0.2, 0.25) is 5.91 Å². The number of amides is 4. The first kappa shape index (κ1) is 16.3. The second-order valence-corrected chi connectivity index (χ2v) is 6.09. The molecule has 0 spiro atoms. The van der Waals surface area contributed by atoms with E-state index in [1.54, 1.807) is 12.0 Å². The van der Waals surface area contributed by atoms with Gasteiger partial charge in [-0.15, -0.1) is 0 Å². The third-order valence-corrected chi connectivity index (χ3v) is 4.57. The summed E-state index contributed by atoms with van der Waals surface area (Å²) in [7, 11) is 1.57. The Bertz CT molecular complexity index is 654. The number of carbonyl (C=O) groups excluding carboxylic acids is 3. The molecule has 0 bridgehead atoms. The predicted octanol–water partition coefficient (Wildman–Crippen LogP) is 1.30. The van der Waals surface area contributed by atoms with E-state index >= 15 is 0 Å². The van der Waals surface area contributed by atoms with Crippen LogP contribution in [-0.4, -0.2) is 53.9 Å². The van der Waals surface area contributed by atoms with Crippen molar-refractivity contribution in [2.45, 2.75) is 31.8 Å². The molecule has 7 heteroatoms. The molecule has 2 heterocycles. The number of urea groups is 1. The first-order chi connectivity index (χ1) is 11.5. The number of hydrogen-bond acceptors (Lipinski definition) is 4. The molecular formula is C17H21N3O4. The summed E-state index contributed by atoms with van der Waals surface area (Å²) in [6.45, 7) is 2.18. The van der Waals surface area contributed by atoms with E-state index in [0.717, 1.165) is 16.9 Å². The Labute approximate surface area is 140 Å². The fourth-order valence-corrected chi connectivity index (χ4v) is 3.36. The van der Waals surface area contributed by atoms with Crippen molar-refractivity contribution in [1.29, 1.82) is 0 Å². The first-order valence-electron chi connectivity index (χ1n) is 8.07. The highest BCUT2D eigenvalue weighted by atomic mass is 16.5. The monoisotopic (exact) mass is 331 g/mol. The van der Waals surface area contributed by atoms with E-state index < -0.39 is 0 Å². The van der Waals surface area contributed by atoms with Gasteiger partial charge in [0.05, 0.1) is 13.2 Å². The van der Waals surface area contributed by atoms with E-state index in [0.29, 0.717) is 18.7 Å². The molecule has 1 aromatic rings. The molecule has 0 radical (unpaired) electrons. The minimum Gasteiger partial charge on any atom is -0.496 e. The summed E-state index contributed by atoms with van der Waals surface area (Å²) in [5.41, 5.74) is 0.841. The van der Waals surface area contributed by atoms with Crippen LogP contribution in [0.3, 0.4) is 0 Å². The summed E-state index contributed by atoms with van der Waals surface area (Å²) in [6, 6.07) is 6.38. The molecule has 4 amide bonds. The van der Waals surface area contributed by atoms with Gasteiger partial charge in [-0.05, 0) is 25.8 Å². The van der Waals surface area contributed by atoms with Crippen molar-refractivity contribution in [2.75, 3.05) is 20.2 Å². The molecule has 1 aromatic carbocycles. The molecule has 2 unspecified atom stereocenters. The molecule has 7 nitrogen and oxygen atoms in total. The maximum Gasteiger partial charge on any atom is 0.327 e. The lowest BCUT2D eigenvalue weighted by Gasteiger charge is -2.19. The average Bonchev–Trinajstić information content (AvgIpc) is 3.14. The highest BCUT2D eigenvalue weighted by molar-refractivity contribution is 6.06. The summed E-state index contributed by atoms with van der Waals surface area (Å²) < 4.78 is 5.29. The molecule has 2 aliphatic rings. The van der Waals surface area contributed by atoms with Crippen LogP contribution in [0.15, 0.2) is 24.3 Å². The molecular weight excluding hydrogens is 310 g/mol. The third kappa shape index (κ3) is 2.81. The van der Waals surface area contributed by atoms with Gasteiger partial charge in [-0.25, -0.2) is 4.79 Å². The largest absolute Gasteiger partial charge is 0.496 e. The molecule has 2 aliphatic heterocycles. The van der Waals surface area contributed by atoms with E-state index in [1.807, 2.05) is 31.2 Å². The van der Waals surface area contributed by atoms with Crippen molar-refractivity contribution < 1.29 is 19.1 Å². The molecule has 2 fully saturated rings. The van der Waals surface area contributed by atoms with E-state index in [1.165, 1.54) is 0 Å². The molecule has 1 N–H and O–H groups in total. The SMILES string of the molecule is COc1ccccc1C(C)NC(=O)CN1C(=O)C2CCCN2C1=O. The highest BCUT2D eigenvalue weighted by Gasteiger charge is 2.47. The molecule has 3 rings (SSSR count). The minimum absolute atomic E-state index is 0.246. The number of hydrogen-bond donors (Lipinski definition) is 1. The van der Waals surface area contributed by atoms with Gasteiger partial charge in [0.1, 0.15) is 18.3 Å². The molecule has 0 saturated carbocycles. The lowest BCUT2D eigenvalue weighted by molar-refractivity contribution is -0.132. The quantitative estimate of drug-likeness (QED) is 0.825. The normalized spacial score (nSPS) is 21.0. The summed E-state index contributed by atoms with van der Waals surface area (Å²) in [5.74, 6) is 0.0492. The third-order valence-electron chi connectivity index (χ3n) is 4.57. The fraction of sp³-hybridized carbons (Fsp3) is 0.471. The molecule has 128 valence electrons. The van der Waals surface area contributed by atoms with Gasteiger partial charge in [0.15, 0.2) is 0 Å². The van der Waals surface area contributed by atoms with Gasteiger partial charge in [0.25, 0.3) is 5.91 Å². The van der Waals surface area contributed by atoms with Crippen LogP contribution in [0.25, 0.3) is 0 Å². The summed E-state index contributed by atoms with van der Waals surface area (Å²) in [5, 5.41) is 2.82. The van der Waals surface area contributed by atoms with E-state index in [4.69, 9.17) is 4.74 Å². The zero-order valence-corrected chi connectivity index (χ0v) is 13.8. The topological polar surface area (TPSA) is 79.0 Å². The highest BCUT2D eigenvalue weighted by Crippen LogP contribution is 2.27. The molecule has 0 aromatic heterocycles. The number of rotatable bonds is 5. The molecule has 24 heavy (non-hydrogen) atoms. The summed E-state index contributed by atoms with van der Waals surface area (Å²) >= 11 is 0. The van der Waals surface area contributed by atoms with Gasteiger partial charge < -0.3 is 15.0 Å². The van der Waals surface area contributed by atoms with Gasteiger partial charge >= 0.3 is 6.03 Å². The van der Waals surface area contributed by atoms with Crippen LogP contribution in [0.1, 0.15) is 31.4 Å². The van der Waals surface area contributed by atoms with E-state index in [9.17, 15) is 14.4 Å². The minimum atomic E-state index is -0.378. The number of para-hydroxylation sites is 1. The Kier molecular flexibility index (Phi) is 4.42. The lowest BCUT2D eigenvalue weighted by atomic mass is 10.1. The van der Waals surface area contributed by atoms with Crippen molar-refractivity contribution in [2.24, 2.45) is 0 Å². The van der Waals surface area contributed by atoms with Crippen LogP contribution < -0.4 is 10.1 Å². The van der Waals surface area contributed by atoms with Crippen LogP contribution in [0.5, 0.6) is 5.75 Å². The Morgan fingerprint density at radius 1 is 1.38 bits per heavy atom. The van der Waals surface area contributed by atoms with Crippen LogP contribution >= 0.6 is 0 Å². The zero-order valence-electron chi connectivity index (χ0n) is 13.8. The van der Waals surface area contributed by atoms with E-state index in [2.05, 4.69) is 5.32 Å². The lowest BCUT2D eigenvalue weighted by Crippen LogP contribution is -2.42. The second kappa shape index (κ2) is 6.51. The van der Waals surface area contributed by atoms with Gasteiger partial charge in [-0.2, -0.15) is 0 Å². The predicted molar refractivity (Wildman–Crippen MR) is 86.4 cm³/mol. The van der Waals surface area contributed by atoms with Crippen molar-refractivity contribution in [3.05, 3.63) is 29.8 Å². The number of nitrogens with one attached hydrogen (secondary N) is 1.